The Morgan fingerprint density at radius 2 is 2.41 bits per heavy atom. The van der Waals surface area contributed by atoms with Crippen LogP contribution in [0.1, 0.15) is 19.8 Å². The summed E-state index contributed by atoms with van der Waals surface area (Å²) in [4.78, 5) is 24.3. The third kappa shape index (κ3) is 5.79. The summed E-state index contributed by atoms with van der Waals surface area (Å²) < 4.78 is 5.13. The van der Waals surface area contributed by atoms with Crippen LogP contribution in [0.5, 0.6) is 0 Å². The van der Waals surface area contributed by atoms with Gasteiger partial charge in [0.15, 0.2) is 0 Å². The standard InChI is InChI=1S/C12H22N2O3/c1-2-17-7-5-13-12(16)9-14-6-3-4-11(8-14)10-15/h10-11H,2-9H2,1H3,(H,13,16). The van der Waals surface area contributed by atoms with Gasteiger partial charge in [-0.3, -0.25) is 9.69 Å². The maximum Gasteiger partial charge on any atom is 0.234 e. The van der Waals surface area contributed by atoms with E-state index >= 15 is 0 Å². The third-order valence-corrected chi connectivity index (χ3v) is 2.87. The Balaban J connectivity index is 2.14. The number of nitrogens with zero attached hydrogens (tertiary/aromatic N) is 1. The van der Waals surface area contributed by atoms with E-state index in [-0.39, 0.29) is 11.8 Å². The maximum absolute atomic E-state index is 11.6. The van der Waals surface area contributed by atoms with Crippen molar-refractivity contribution >= 4 is 12.2 Å². The maximum atomic E-state index is 11.6. The topological polar surface area (TPSA) is 58.6 Å². The van der Waals surface area contributed by atoms with E-state index in [2.05, 4.69) is 5.32 Å². The van der Waals surface area contributed by atoms with Crippen LogP contribution in [0.15, 0.2) is 0 Å². The third-order valence-electron chi connectivity index (χ3n) is 2.87. The summed E-state index contributed by atoms with van der Waals surface area (Å²) in [6, 6.07) is 0. The average molecular weight is 242 g/mol. The van der Waals surface area contributed by atoms with Gasteiger partial charge in [0.2, 0.25) is 5.91 Å². The van der Waals surface area contributed by atoms with Crippen molar-refractivity contribution in [2.45, 2.75) is 19.8 Å². The minimum Gasteiger partial charge on any atom is -0.380 e. The molecule has 1 aliphatic rings. The fourth-order valence-electron chi connectivity index (χ4n) is 2.01. The number of piperidine rings is 1. The van der Waals surface area contributed by atoms with E-state index in [1.807, 2.05) is 11.8 Å². The molecule has 0 bridgehead atoms. The minimum atomic E-state index is 0.0104. The Bertz CT molecular complexity index is 246. The number of nitrogens with one attached hydrogen (secondary N) is 1. The Morgan fingerprint density at radius 3 is 3.12 bits per heavy atom. The molecular weight excluding hydrogens is 220 g/mol. The van der Waals surface area contributed by atoms with Crippen molar-refractivity contribution in [1.29, 1.82) is 0 Å². The number of carbonyl (C=O) groups excluding carboxylic acids is 2. The minimum absolute atomic E-state index is 0.0104. The highest BCUT2D eigenvalue weighted by Gasteiger charge is 2.20. The van der Waals surface area contributed by atoms with Gasteiger partial charge in [0.25, 0.3) is 0 Å². The van der Waals surface area contributed by atoms with E-state index in [9.17, 15) is 9.59 Å². The molecule has 17 heavy (non-hydrogen) atoms. The van der Waals surface area contributed by atoms with Crippen LogP contribution in [0.2, 0.25) is 0 Å². The van der Waals surface area contributed by atoms with Gasteiger partial charge in [0.05, 0.1) is 13.2 Å². The molecule has 0 aliphatic carbocycles. The molecule has 0 radical (unpaired) electrons. The van der Waals surface area contributed by atoms with E-state index in [4.69, 9.17) is 4.74 Å². The zero-order valence-electron chi connectivity index (χ0n) is 10.5. The van der Waals surface area contributed by atoms with Crippen molar-refractivity contribution in [1.82, 2.24) is 10.2 Å². The fourth-order valence-corrected chi connectivity index (χ4v) is 2.01. The summed E-state index contributed by atoms with van der Waals surface area (Å²) in [5.41, 5.74) is 0. The van der Waals surface area contributed by atoms with Crippen LogP contribution in [0.3, 0.4) is 0 Å². The number of likely N-dealkylation sites (tertiary alicyclic amines) is 1. The molecule has 0 aromatic carbocycles. The second-order valence-electron chi connectivity index (χ2n) is 4.32. The lowest BCUT2D eigenvalue weighted by atomic mass is 10.00. The highest BCUT2D eigenvalue weighted by atomic mass is 16.5. The monoisotopic (exact) mass is 242 g/mol. The molecule has 0 aromatic heterocycles. The van der Waals surface area contributed by atoms with E-state index in [0.29, 0.717) is 32.8 Å². The summed E-state index contributed by atoms with van der Waals surface area (Å²) in [7, 11) is 0. The quantitative estimate of drug-likeness (QED) is 0.506. The van der Waals surface area contributed by atoms with Crippen LogP contribution in [-0.4, -0.2) is 56.5 Å². The average Bonchev–Trinajstić information content (AvgIpc) is 2.35. The largest absolute Gasteiger partial charge is 0.380 e. The van der Waals surface area contributed by atoms with Gasteiger partial charge in [-0.1, -0.05) is 0 Å². The highest BCUT2D eigenvalue weighted by Crippen LogP contribution is 2.13. The van der Waals surface area contributed by atoms with Gasteiger partial charge in [0.1, 0.15) is 6.29 Å². The van der Waals surface area contributed by atoms with Crippen LogP contribution in [-0.2, 0) is 14.3 Å². The van der Waals surface area contributed by atoms with Crippen LogP contribution < -0.4 is 5.32 Å². The van der Waals surface area contributed by atoms with E-state index in [1.165, 1.54) is 0 Å². The number of amides is 1. The van der Waals surface area contributed by atoms with Gasteiger partial charge >= 0.3 is 0 Å². The molecule has 0 aromatic rings. The zero-order chi connectivity index (χ0) is 12.5. The normalized spacial score (nSPS) is 21.1. The molecule has 1 N–H and O–H groups in total. The van der Waals surface area contributed by atoms with Crippen molar-refractivity contribution in [2.24, 2.45) is 5.92 Å². The van der Waals surface area contributed by atoms with Crippen molar-refractivity contribution < 1.29 is 14.3 Å². The molecular formula is C12H22N2O3. The number of hydrogen-bond donors (Lipinski definition) is 1. The second kappa shape index (κ2) is 8.20. The fraction of sp³-hybridized carbons (Fsp3) is 0.833. The van der Waals surface area contributed by atoms with E-state index in [0.717, 1.165) is 25.7 Å². The van der Waals surface area contributed by atoms with Crippen LogP contribution in [0, 0.1) is 5.92 Å². The predicted molar refractivity (Wildman–Crippen MR) is 64.7 cm³/mol. The molecule has 5 nitrogen and oxygen atoms in total. The van der Waals surface area contributed by atoms with Crippen molar-refractivity contribution in [3.8, 4) is 0 Å². The van der Waals surface area contributed by atoms with Gasteiger partial charge < -0.3 is 14.8 Å². The number of rotatable bonds is 7. The second-order valence-corrected chi connectivity index (χ2v) is 4.32. The molecule has 1 fully saturated rings. The smallest absolute Gasteiger partial charge is 0.234 e. The number of ether oxygens (including phenoxy) is 1. The Morgan fingerprint density at radius 1 is 1.59 bits per heavy atom. The lowest BCUT2D eigenvalue weighted by Gasteiger charge is -2.29. The predicted octanol–water partition coefficient (Wildman–Crippen LogP) is 0.0500. The van der Waals surface area contributed by atoms with E-state index < -0.39 is 0 Å². The van der Waals surface area contributed by atoms with E-state index in [1.54, 1.807) is 0 Å². The van der Waals surface area contributed by atoms with Gasteiger partial charge in [-0.05, 0) is 26.3 Å². The number of carbonyl (C=O) groups is 2. The summed E-state index contributed by atoms with van der Waals surface area (Å²) in [6.07, 6.45) is 2.95. The van der Waals surface area contributed by atoms with Gasteiger partial charge in [0, 0.05) is 25.6 Å². The van der Waals surface area contributed by atoms with Gasteiger partial charge in [-0.2, -0.15) is 0 Å². The van der Waals surface area contributed by atoms with Gasteiger partial charge in [-0.25, -0.2) is 0 Å². The molecule has 1 saturated heterocycles. The first-order valence-electron chi connectivity index (χ1n) is 6.28. The Labute approximate surface area is 102 Å². The van der Waals surface area contributed by atoms with Gasteiger partial charge in [-0.15, -0.1) is 0 Å². The molecule has 1 amide bonds. The number of aldehydes is 1. The SMILES string of the molecule is CCOCCNC(=O)CN1CCCC(C=O)C1. The molecule has 0 saturated carbocycles. The molecule has 1 atom stereocenters. The first-order valence-corrected chi connectivity index (χ1v) is 6.28. The molecule has 98 valence electrons. The zero-order valence-corrected chi connectivity index (χ0v) is 10.5. The lowest BCUT2D eigenvalue weighted by Crippen LogP contribution is -2.43. The molecule has 1 unspecified atom stereocenters. The highest BCUT2D eigenvalue weighted by molar-refractivity contribution is 5.78. The molecule has 5 heteroatoms. The lowest BCUT2D eigenvalue weighted by molar-refractivity contribution is -0.123. The summed E-state index contributed by atoms with van der Waals surface area (Å²) in [6.45, 7) is 5.71. The first kappa shape index (κ1) is 14.1. The molecule has 1 heterocycles. The molecule has 1 rings (SSSR count). The van der Waals surface area contributed by atoms with Crippen molar-refractivity contribution in [2.75, 3.05) is 39.4 Å². The Kier molecular flexibility index (Phi) is 6.81. The van der Waals surface area contributed by atoms with Crippen LogP contribution in [0.25, 0.3) is 0 Å². The summed E-state index contributed by atoms with van der Waals surface area (Å²) in [5.74, 6) is 0.108. The Hall–Kier alpha value is -0.940. The van der Waals surface area contributed by atoms with Crippen LogP contribution in [0.4, 0.5) is 0 Å². The first-order chi connectivity index (χ1) is 8.26. The molecule has 1 aliphatic heterocycles. The van der Waals surface area contributed by atoms with Crippen LogP contribution >= 0.6 is 0 Å². The summed E-state index contributed by atoms with van der Waals surface area (Å²) >= 11 is 0. The number of hydrogen-bond acceptors (Lipinski definition) is 4. The van der Waals surface area contributed by atoms with Crippen molar-refractivity contribution in [3.05, 3.63) is 0 Å². The molecule has 0 spiro atoms. The van der Waals surface area contributed by atoms with Crippen molar-refractivity contribution in [3.63, 3.8) is 0 Å². The summed E-state index contributed by atoms with van der Waals surface area (Å²) in [5, 5.41) is 2.80.